The van der Waals surface area contributed by atoms with Crippen molar-refractivity contribution in [2.75, 3.05) is 11.6 Å². The molecule has 0 saturated carbocycles. The quantitative estimate of drug-likeness (QED) is 0.920. The van der Waals surface area contributed by atoms with Crippen molar-refractivity contribution in [2.45, 2.75) is 12.7 Å². The van der Waals surface area contributed by atoms with E-state index >= 15 is 0 Å². The Balaban J connectivity index is 2.04. The molecule has 0 aliphatic carbocycles. The summed E-state index contributed by atoms with van der Waals surface area (Å²) in [5.41, 5.74) is 1.82. The van der Waals surface area contributed by atoms with E-state index in [1.54, 1.807) is 24.8 Å². The zero-order chi connectivity index (χ0) is 13.0. The molecule has 0 fully saturated rings. The highest BCUT2D eigenvalue weighted by Crippen LogP contribution is 2.13. The van der Waals surface area contributed by atoms with Gasteiger partial charge in [-0.1, -0.05) is 17.3 Å². The van der Waals surface area contributed by atoms with Crippen molar-refractivity contribution in [3.63, 3.8) is 0 Å². The average Bonchev–Trinajstić information content (AvgIpc) is 2.76. The first-order chi connectivity index (χ1) is 8.69. The molecule has 4 nitrogen and oxygen atoms in total. The van der Waals surface area contributed by atoms with Crippen molar-refractivity contribution < 1.29 is 9.32 Å². The van der Waals surface area contributed by atoms with Gasteiger partial charge in [0.25, 0.3) is 5.91 Å². The number of nitrogens with one attached hydrogen (secondary N) is 1. The summed E-state index contributed by atoms with van der Waals surface area (Å²) in [5, 5.41) is 6.40. The Morgan fingerprint density at radius 3 is 2.67 bits per heavy atom. The number of carbonyl (C=O) groups excluding carboxylic acids is 1. The summed E-state index contributed by atoms with van der Waals surface area (Å²) in [6.45, 7) is 1.78. The van der Waals surface area contributed by atoms with Crippen LogP contribution in [0.3, 0.4) is 0 Å². The Labute approximate surface area is 110 Å². The Morgan fingerprint density at radius 1 is 1.39 bits per heavy atom. The summed E-state index contributed by atoms with van der Waals surface area (Å²) in [6.07, 6.45) is 2.05. The molecule has 0 aliphatic rings. The molecular weight excluding hydrogens is 248 g/mol. The highest BCUT2D eigenvalue weighted by molar-refractivity contribution is 7.97. The van der Waals surface area contributed by atoms with Crippen LogP contribution in [0.2, 0.25) is 0 Å². The van der Waals surface area contributed by atoms with Crippen molar-refractivity contribution in [3.05, 3.63) is 47.2 Å². The van der Waals surface area contributed by atoms with Gasteiger partial charge in [-0.2, -0.15) is 11.8 Å². The number of aromatic nitrogens is 1. The number of benzene rings is 1. The van der Waals surface area contributed by atoms with Gasteiger partial charge in [0.2, 0.25) is 0 Å². The molecule has 0 spiro atoms. The lowest BCUT2D eigenvalue weighted by atomic mass is 10.1. The van der Waals surface area contributed by atoms with E-state index in [4.69, 9.17) is 4.52 Å². The fraction of sp³-hybridized carbons (Fsp3) is 0.231. The maximum atomic E-state index is 11.9. The second-order valence-corrected chi connectivity index (χ2v) is 4.77. The summed E-state index contributed by atoms with van der Waals surface area (Å²) in [5.74, 6) is 1.87. The minimum atomic E-state index is -0.181. The van der Waals surface area contributed by atoms with Gasteiger partial charge in [0.05, 0.1) is 0 Å². The lowest BCUT2D eigenvalue weighted by molar-refractivity contribution is 0.102. The number of hydrogen-bond acceptors (Lipinski definition) is 4. The summed E-state index contributed by atoms with van der Waals surface area (Å²) >= 11 is 1.75. The second-order valence-electron chi connectivity index (χ2n) is 3.91. The number of rotatable bonds is 4. The topological polar surface area (TPSA) is 55.1 Å². The van der Waals surface area contributed by atoms with E-state index in [1.165, 1.54) is 5.56 Å². The van der Waals surface area contributed by atoms with Crippen LogP contribution in [0.25, 0.3) is 0 Å². The van der Waals surface area contributed by atoms with Crippen LogP contribution in [-0.2, 0) is 5.75 Å². The SMILES string of the molecule is CSCc1ccc(C(=O)Nc2cc(C)on2)cc1. The summed E-state index contributed by atoms with van der Waals surface area (Å²) in [7, 11) is 0. The van der Waals surface area contributed by atoms with Crippen LogP contribution < -0.4 is 5.32 Å². The molecular formula is C13H14N2O2S. The molecule has 5 heteroatoms. The number of amides is 1. The minimum absolute atomic E-state index is 0.181. The first-order valence-electron chi connectivity index (χ1n) is 5.51. The van der Waals surface area contributed by atoms with E-state index < -0.39 is 0 Å². The normalized spacial score (nSPS) is 10.3. The van der Waals surface area contributed by atoms with Crippen LogP contribution in [0.4, 0.5) is 5.82 Å². The van der Waals surface area contributed by atoms with Crippen LogP contribution >= 0.6 is 11.8 Å². The van der Waals surface area contributed by atoms with Gasteiger partial charge < -0.3 is 9.84 Å². The van der Waals surface area contributed by atoms with E-state index in [-0.39, 0.29) is 5.91 Å². The van der Waals surface area contributed by atoms with E-state index in [2.05, 4.69) is 10.5 Å². The number of anilines is 1. The van der Waals surface area contributed by atoms with Gasteiger partial charge in [-0.3, -0.25) is 4.79 Å². The van der Waals surface area contributed by atoms with Crippen LogP contribution in [0.1, 0.15) is 21.7 Å². The fourth-order valence-electron chi connectivity index (χ4n) is 1.53. The van der Waals surface area contributed by atoms with E-state index in [0.717, 1.165) is 5.75 Å². The van der Waals surface area contributed by atoms with Gasteiger partial charge in [0.15, 0.2) is 5.82 Å². The predicted molar refractivity (Wildman–Crippen MR) is 72.9 cm³/mol. The van der Waals surface area contributed by atoms with Crippen LogP contribution in [0.15, 0.2) is 34.9 Å². The molecule has 0 unspecified atom stereocenters. The highest BCUT2D eigenvalue weighted by Gasteiger charge is 2.08. The number of nitrogens with zero attached hydrogens (tertiary/aromatic N) is 1. The molecule has 0 bridgehead atoms. The monoisotopic (exact) mass is 262 g/mol. The third-order valence-electron chi connectivity index (χ3n) is 2.40. The van der Waals surface area contributed by atoms with Crippen molar-refractivity contribution >= 4 is 23.5 Å². The first kappa shape index (κ1) is 12.7. The number of aryl methyl sites for hydroxylation is 1. The zero-order valence-corrected chi connectivity index (χ0v) is 11.1. The molecule has 0 aliphatic heterocycles. The average molecular weight is 262 g/mol. The molecule has 1 aromatic heterocycles. The van der Waals surface area contributed by atoms with Gasteiger partial charge in [-0.15, -0.1) is 0 Å². The fourth-order valence-corrected chi connectivity index (χ4v) is 2.06. The standard InChI is InChI=1S/C13H14N2O2S/c1-9-7-12(15-17-9)14-13(16)11-5-3-10(4-6-11)8-18-2/h3-7H,8H2,1-2H3,(H,14,15,16). The lowest BCUT2D eigenvalue weighted by Crippen LogP contribution is -2.11. The summed E-state index contributed by atoms with van der Waals surface area (Å²) in [6, 6.07) is 9.22. The predicted octanol–water partition coefficient (Wildman–Crippen LogP) is 3.10. The Hall–Kier alpha value is -1.75. The smallest absolute Gasteiger partial charge is 0.256 e. The third-order valence-corrected chi connectivity index (χ3v) is 3.02. The van der Waals surface area contributed by atoms with E-state index in [9.17, 15) is 4.79 Å². The third kappa shape index (κ3) is 3.13. The molecule has 94 valence electrons. The van der Waals surface area contributed by atoms with Crippen LogP contribution in [0.5, 0.6) is 0 Å². The largest absolute Gasteiger partial charge is 0.360 e. The van der Waals surface area contributed by atoms with Crippen LogP contribution in [-0.4, -0.2) is 17.3 Å². The Bertz CT molecular complexity index is 534. The molecule has 0 saturated heterocycles. The van der Waals surface area contributed by atoms with Gasteiger partial charge >= 0.3 is 0 Å². The summed E-state index contributed by atoms with van der Waals surface area (Å²) in [4.78, 5) is 11.9. The van der Waals surface area contributed by atoms with Gasteiger partial charge in [0, 0.05) is 17.4 Å². The maximum absolute atomic E-state index is 11.9. The molecule has 0 radical (unpaired) electrons. The summed E-state index contributed by atoms with van der Waals surface area (Å²) < 4.78 is 4.88. The first-order valence-corrected chi connectivity index (χ1v) is 6.91. The molecule has 2 rings (SSSR count). The molecule has 1 amide bonds. The molecule has 1 heterocycles. The Kier molecular flexibility index (Phi) is 4.04. The Morgan fingerprint density at radius 2 is 2.11 bits per heavy atom. The van der Waals surface area contributed by atoms with Crippen molar-refractivity contribution in [1.29, 1.82) is 0 Å². The maximum Gasteiger partial charge on any atom is 0.256 e. The highest BCUT2D eigenvalue weighted by atomic mass is 32.2. The molecule has 2 aromatic rings. The minimum Gasteiger partial charge on any atom is -0.360 e. The van der Waals surface area contributed by atoms with Crippen molar-refractivity contribution in [1.82, 2.24) is 5.16 Å². The van der Waals surface area contributed by atoms with Crippen molar-refractivity contribution in [2.24, 2.45) is 0 Å². The van der Waals surface area contributed by atoms with Gasteiger partial charge in [-0.05, 0) is 30.9 Å². The molecule has 18 heavy (non-hydrogen) atoms. The number of hydrogen-bond donors (Lipinski definition) is 1. The van der Waals surface area contributed by atoms with E-state index in [1.807, 2.05) is 30.5 Å². The molecule has 1 N–H and O–H groups in total. The lowest BCUT2D eigenvalue weighted by Gasteiger charge is -2.03. The second kappa shape index (κ2) is 5.73. The molecule has 1 aromatic carbocycles. The van der Waals surface area contributed by atoms with Gasteiger partial charge in [0.1, 0.15) is 5.76 Å². The molecule has 0 atom stereocenters. The zero-order valence-electron chi connectivity index (χ0n) is 10.3. The number of carbonyl (C=O) groups is 1. The van der Waals surface area contributed by atoms with Crippen LogP contribution in [0, 0.1) is 6.92 Å². The van der Waals surface area contributed by atoms with Gasteiger partial charge in [-0.25, -0.2) is 0 Å². The van der Waals surface area contributed by atoms with Crippen molar-refractivity contribution in [3.8, 4) is 0 Å². The number of thioether (sulfide) groups is 1. The van der Waals surface area contributed by atoms with E-state index in [0.29, 0.717) is 17.1 Å².